The Hall–Kier alpha value is -2.69. The molecule has 1 aromatic heterocycles. The second-order valence-corrected chi connectivity index (χ2v) is 6.13. The van der Waals surface area contributed by atoms with E-state index in [0.717, 1.165) is 6.07 Å². The molecule has 0 aliphatic heterocycles. The van der Waals surface area contributed by atoms with Crippen LogP contribution in [0.5, 0.6) is 0 Å². The lowest BCUT2D eigenvalue weighted by molar-refractivity contribution is -0.148. The fraction of sp³-hybridized carbons (Fsp3) is 0.188. The molecule has 1 aromatic carbocycles. The van der Waals surface area contributed by atoms with Crippen LogP contribution < -0.4 is 10.9 Å². The zero-order valence-corrected chi connectivity index (χ0v) is 14.9. The van der Waals surface area contributed by atoms with Gasteiger partial charge in [0, 0.05) is 16.7 Å². The number of carbonyl (C=O) groups is 2. The number of anilines is 1. The van der Waals surface area contributed by atoms with E-state index in [9.17, 15) is 31.9 Å². The van der Waals surface area contributed by atoms with Crippen LogP contribution in [0.4, 0.5) is 23.2 Å². The number of carbonyl (C=O) groups excluding carboxylic acids is 2. The summed E-state index contributed by atoms with van der Waals surface area (Å²) in [5.41, 5.74) is -2.10. The van der Waals surface area contributed by atoms with Crippen molar-refractivity contribution in [3.05, 3.63) is 62.7 Å². The van der Waals surface area contributed by atoms with E-state index >= 15 is 0 Å². The van der Waals surface area contributed by atoms with E-state index in [2.05, 4.69) is 26.0 Å². The molecule has 144 valence electrons. The third kappa shape index (κ3) is 5.91. The van der Waals surface area contributed by atoms with Gasteiger partial charge in [-0.15, -0.1) is 0 Å². The monoisotopic (exact) mass is 450 g/mol. The highest BCUT2D eigenvalue weighted by atomic mass is 79.9. The molecule has 27 heavy (non-hydrogen) atoms. The molecule has 6 nitrogen and oxygen atoms in total. The summed E-state index contributed by atoms with van der Waals surface area (Å²) >= 11 is 3.05. The first-order valence-corrected chi connectivity index (χ1v) is 8.04. The molecule has 0 fully saturated rings. The Bertz CT molecular complexity index is 927. The smallest absolute Gasteiger partial charge is 0.417 e. The Morgan fingerprint density at radius 2 is 1.89 bits per heavy atom. The van der Waals surface area contributed by atoms with Gasteiger partial charge in [0.2, 0.25) is 0 Å². The fourth-order valence-electron chi connectivity index (χ4n) is 1.93. The number of nitrogens with zero attached hydrogens (tertiary/aromatic N) is 1. The Kier molecular flexibility index (Phi) is 6.37. The topological polar surface area (TPSA) is 77.4 Å². The maximum atomic E-state index is 13.6. The predicted octanol–water partition coefficient (Wildman–Crippen LogP) is 2.95. The van der Waals surface area contributed by atoms with Crippen LogP contribution in [-0.4, -0.2) is 23.1 Å². The number of benzene rings is 1. The molecule has 1 heterocycles. The van der Waals surface area contributed by atoms with Gasteiger partial charge in [0.15, 0.2) is 6.61 Å². The zero-order valence-electron chi connectivity index (χ0n) is 13.3. The number of rotatable bonds is 5. The minimum absolute atomic E-state index is 0.145. The molecule has 2 rings (SSSR count). The van der Waals surface area contributed by atoms with Crippen molar-refractivity contribution in [3.63, 3.8) is 0 Å². The average molecular weight is 451 g/mol. The van der Waals surface area contributed by atoms with Crippen LogP contribution in [0.2, 0.25) is 0 Å². The Morgan fingerprint density at radius 3 is 2.52 bits per heavy atom. The van der Waals surface area contributed by atoms with E-state index in [-0.39, 0.29) is 5.69 Å². The fourth-order valence-corrected chi connectivity index (χ4v) is 2.26. The lowest BCUT2D eigenvalue weighted by Gasteiger charge is -2.11. The number of pyridine rings is 1. The highest BCUT2D eigenvalue weighted by molar-refractivity contribution is 9.10. The Labute approximate surface area is 157 Å². The van der Waals surface area contributed by atoms with Crippen molar-refractivity contribution in [2.75, 3.05) is 11.9 Å². The van der Waals surface area contributed by atoms with E-state index < -0.39 is 48.1 Å². The van der Waals surface area contributed by atoms with E-state index in [1.54, 1.807) is 0 Å². The van der Waals surface area contributed by atoms with Crippen LogP contribution >= 0.6 is 15.9 Å². The van der Waals surface area contributed by atoms with Crippen LogP contribution in [0.25, 0.3) is 0 Å². The van der Waals surface area contributed by atoms with Crippen molar-refractivity contribution in [2.45, 2.75) is 12.7 Å². The Balaban J connectivity index is 1.94. The van der Waals surface area contributed by atoms with Crippen molar-refractivity contribution >= 4 is 33.5 Å². The second kappa shape index (κ2) is 8.33. The second-order valence-electron chi connectivity index (χ2n) is 5.21. The molecule has 2 aromatic rings. The van der Waals surface area contributed by atoms with Gasteiger partial charge in [-0.1, -0.05) is 15.9 Å². The number of aromatic nitrogens is 1. The molecular formula is C16H11BrF4N2O4. The summed E-state index contributed by atoms with van der Waals surface area (Å²) in [4.78, 5) is 34.9. The normalized spacial score (nSPS) is 11.1. The number of nitrogens with one attached hydrogen (secondary N) is 1. The van der Waals surface area contributed by atoms with Crippen molar-refractivity contribution < 1.29 is 31.9 Å². The van der Waals surface area contributed by atoms with Crippen LogP contribution in [-0.2, 0) is 27.0 Å². The van der Waals surface area contributed by atoms with Gasteiger partial charge in [0.05, 0.1) is 11.3 Å². The maximum absolute atomic E-state index is 13.6. The first-order chi connectivity index (χ1) is 12.6. The number of alkyl halides is 3. The lowest BCUT2D eigenvalue weighted by atomic mass is 10.3. The van der Waals surface area contributed by atoms with E-state index in [1.807, 2.05) is 0 Å². The molecule has 0 spiro atoms. The molecule has 0 bridgehead atoms. The summed E-state index contributed by atoms with van der Waals surface area (Å²) in [6, 6.07) is 5.12. The van der Waals surface area contributed by atoms with Gasteiger partial charge >= 0.3 is 12.1 Å². The summed E-state index contributed by atoms with van der Waals surface area (Å²) in [6.07, 6.45) is -4.21. The number of esters is 1. The summed E-state index contributed by atoms with van der Waals surface area (Å²) in [7, 11) is 0. The third-order valence-electron chi connectivity index (χ3n) is 3.18. The molecule has 0 unspecified atom stereocenters. The number of hydrogen-bond donors (Lipinski definition) is 1. The first kappa shape index (κ1) is 20.6. The van der Waals surface area contributed by atoms with E-state index in [4.69, 9.17) is 0 Å². The standard InChI is InChI=1S/C16H11BrF4N2O4/c17-10-2-3-12(11(18)5-10)22-13(24)8-27-15(26)7-23-6-9(16(19,20)21)1-4-14(23)25/h1-6H,7-8H2,(H,22,24). The van der Waals surface area contributed by atoms with Crippen molar-refractivity contribution in [1.29, 1.82) is 0 Å². The molecular weight excluding hydrogens is 440 g/mol. The largest absolute Gasteiger partial charge is 0.454 e. The molecule has 1 N–H and O–H groups in total. The van der Waals surface area contributed by atoms with Crippen molar-refractivity contribution in [2.24, 2.45) is 0 Å². The molecule has 0 aliphatic carbocycles. The van der Waals surface area contributed by atoms with Crippen molar-refractivity contribution in [1.82, 2.24) is 4.57 Å². The van der Waals surface area contributed by atoms with Gasteiger partial charge in [0.25, 0.3) is 11.5 Å². The van der Waals surface area contributed by atoms with Gasteiger partial charge in [-0.2, -0.15) is 13.2 Å². The summed E-state index contributed by atoms with van der Waals surface area (Å²) in [5, 5.41) is 2.17. The van der Waals surface area contributed by atoms with Crippen molar-refractivity contribution in [3.8, 4) is 0 Å². The number of amides is 1. The molecule has 0 saturated carbocycles. The third-order valence-corrected chi connectivity index (χ3v) is 3.67. The van der Waals surface area contributed by atoms with E-state index in [0.29, 0.717) is 27.4 Å². The lowest BCUT2D eigenvalue weighted by Crippen LogP contribution is -2.28. The zero-order chi connectivity index (χ0) is 20.2. The van der Waals surface area contributed by atoms with Gasteiger partial charge in [-0.25, -0.2) is 4.39 Å². The van der Waals surface area contributed by atoms with Crippen LogP contribution in [0.1, 0.15) is 5.56 Å². The number of ether oxygens (including phenoxy) is 1. The van der Waals surface area contributed by atoms with E-state index in [1.165, 1.54) is 12.1 Å². The molecule has 0 atom stereocenters. The van der Waals surface area contributed by atoms with Gasteiger partial charge in [-0.3, -0.25) is 14.4 Å². The highest BCUT2D eigenvalue weighted by Gasteiger charge is 2.31. The minimum atomic E-state index is -4.69. The number of halogens is 5. The van der Waals surface area contributed by atoms with Gasteiger partial charge < -0.3 is 14.6 Å². The molecule has 0 radical (unpaired) electrons. The molecule has 1 amide bonds. The van der Waals surface area contributed by atoms with Crippen LogP contribution in [0.3, 0.4) is 0 Å². The quantitative estimate of drug-likeness (QED) is 0.561. The minimum Gasteiger partial charge on any atom is -0.454 e. The predicted molar refractivity (Wildman–Crippen MR) is 89.4 cm³/mol. The first-order valence-electron chi connectivity index (χ1n) is 7.24. The molecule has 0 aliphatic rings. The van der Waals surface area contributed by atoms with Crippen LogP contribution in [0.15, 0.2) is 45.8 Å². The molecule has 0 saturated heterocycles. The number of hydrogen-bond acceptors (Lipinski definition) is 4. The maximum Gasteiger partial charge on any atom is 0.417 e. The SMILES string of the molecule is O=C(COC(=O)Cn1cc(C(F)(F)F)ccc1=O)Nc1ccc(Br)cc1F. The highest BCUT2D eigenvalue weighted by Crippen LogP contribution is 2.28. The van der Waals surface area contributed by atoms with Gasteiger partial charge in [0.1, 0.15) is 12.4 Å². The molecule has 11 heteroatoms. The Morgan fingerprint density at radius 1 is 1.19 bits per heavy atom. The average Bonchev–Trinajstić information content (AvgIpc) is 2.56. The van der Waals surface area contributed by atoms with Gasteiger partial charge in [-0.05, 0) is 24.3 Å². The van der Waals surface area contributed by atoms with Crippen LogP contribution in [0, 0.1) is 5.82 Å². The summed E-state index contributed by atoms with van der Waals surface area (Å²) < 4.78 is 57.1. The summed E-state index contributed by atoms with van der Waals surface area (Å²) in [5.74, 6) is -2.69. The summed E-state index contributed by atoms with van der Waals surface area (Å²) in [6.45, 7) is -1.62.